The van der Waals surface area contributed by atoms with Gasteiger partial charge >= 0.3 is 0 Å². The number of hydrogen-bond donors (Lipinski definition) is 0. The Kier molecular flexibility index (Phi) is 3.00. The topological polar surface area (TPSA) is 3.24 Å². The summed E-state index contributed by atoms with van der Waals surface area (Å²) in [4.78, 5) is 2.74. The van der Waals surface area contributed by atoms with Gasteiger partial charge < -0.3 is 0 Å². The molecule has 2 aliphatic heterocycles. The molecule has 2 saturated heterocycles. The minimum Gasteiger partial charge on any atom is -0.294 e. The lowest BCUT2D eigenvalue weighted by Gasteiger charge is -2.44. The van der Waals surface area contributed by atoms with Crippen LogP contribution >= 0.6 is 9.24 Å². The van der Waals surface area contributed by atoms with Crippen molar-refractivity contribution in [3.05, 3.63) is 11.9 Å². The molecular formula is C12H22NP. The van der Waals surface area contributed by atoms with Crippen LogP contribution in [0.1, 0.15) is 39.5 Å². The number of hydrogen-bond acceptors (Lipinski definition) is 1. The molecule has 0 radical (unpaired) electrons. The van der Waals surface area contributed by atoms with Crippen molar-refractivity contribution in [3.63, 3.8) is 0 Å². The van der Waals surface area contributed by atoms with Crippen molar-refractivity contribution in [3.8, 4) is 0 Å². The van der Waals surface area contributed by atoms with E-state index in [9.17, 15) is 0 Å². The van der Waals surface area contributed by atoms with E-state index in [1.54, 1.807) is 0 Å². The summed E-state index contributed by atoms with van der Waals surface area (Å²) in [7, 11) is 2.81. The number of fused-ring (bicyclic) bond motifs is 1. The van der Waals surface area contributed by atoms with Crippen molar-refractivity contribution in [2.24, 2.45) is 5.92 Å². The van der Waals surface area contributed by atoms with Crippen LogP contribution in [0, 0.1) is 5.92 Å². The molecule has 2 fully saturated rings. The van der Waals surface area contributed by atoms with E-state index in [2.05, 4.69) is 34.6 Å². The van der Waals surface area contributed by atoms with Crippen molar-refractivity contribution < 1.29 is 0 Å². The molecule has 0 spiro atoms. The van der Waals surface area contributed by atoms with E-state index >= 15 is 0 Å². The van der Waals surface area contributed by atoms with E-state index in [4.69, 9.17) is 0 Å². The normalized spacial score (nSPS) is 43.6. The van der Waals surface area contributed by atoms with Crippen molar-refractivity contribution in [2.45, 2.75) is 57.7 Å². The first kappa shape index (κ1) is 10.6. The van der Waals surface area contributed by atoms with Crippen molar-refractivity contribution in [1.82, 2.24) is 4.90 Å². The molecule has 0 aromatic heterocycles. The van der Waals surface area contributed by atoms with E-state index in [0.29, 0.717) is 12.0 Å². The van der Waals surface area contributed by atoms with E-state index < -0.39 is 0 Å². The summed E-state index contributed by atoms with van der Waals surface area (Å²) >= 11 is 0. The average molecular weight is 211 g/mol. The van der Waals surface area contributed by atoms with E-state index in [-0.39, 0.29) is 0 Å². The van der Waals surface area contributed by atoms with Crippen LogP contribution in [0.15, 0.2) is 11.9 Å². The fourth-order valence-electron chi connectivity index (χ4n) is 3.44. The molecule has 14 heavy (non-hydrogen) atoms. The predicted molar refractivity (Wildman–Crippen MR) is 65.4 cm³/mol. The Hall–Kier alpha value is 0.130. The second-order valence-corrected chi connectivity index (χ2v) is 5.77. The third kappa shape index (κ3) is 1.66. The molecule has 2 rings (SSSR count). The highest BCUT2D eigenvalue weighted by atomic mass is 31.0. The molecule has 0 bridgehead atoms. The Morgan fingerprint density at radius 3 is 2.50 bits per heavy atom. The van der Waals surface area contributed by atoms with Crippen LogP contribution in [0.5, 0.6) is 0 Å². The molecule has 2 aliphatic rings. The van der Waals surface area contributed by atoms with Gasteiger partial charge in [-0.25, -0.2) is 0 Å². The molecule has 0 amide bonds. The lowest BCUT2D eigenvalue weighted by molar-refractivity contribution is 0.0704. The van der Waals surface area contributed by atoms with Crippen LogP contribution in [0.2, 0.25) is 0 Å². The largest absolute Gasteiger partial charge is 0.294 e. The molecular weight excluding hydrogens is 189 g/mol. The molecule has 1 nitrogen and oxygen atoms in total. The molecule has 2 heterocycles. The standard InChI is InChI=1S/C12H22NP/c1-8-4-5-11-6-7-12(10(3)14)9(2)13(8)11/h8-9,11-12H,3-7,14H2,1-2H3/t8?,9?,11?,12-/m1/s1. The molecule has 0 saturated carbocycles. The van der Waals surface area contributed by atoms with Crippen LogP contribution in [0.4, 0.5) is 0 Å². The zero-order valence-corrected chi connectivity index (χ0v) is 10.5. The monoisotopic (exact) mass is 211 g/mol. The van der Waals surface area contributed by atoms with E-state index in [1.165, 1.54) is 31.0 Å². The molecule has 80 valence electrons. The van der Waals surface area contributed by atoms with E-state index in [1.807, 2.05) is 0 Å². The maximum Gasteiger partial charge on any atom is 0.0141 e. The smallest absolute Gasteiger partial charge is 0.0141 e. The summed E-state index contributed by atoms with van der Waals surface area (Å²) in [6.45, 7) is 8.87. The summed E-state index contributed by atoms with van der Waals surface area (Å²) in [6.07, 6.45) is 5.54. The fourth-order valence-corrected chi connectivity index (χ4v) is 3.88. The van der Waals surface area contributed by atoms with Gasteiger partial charge in [0.15, 0.2) is 0 Å². The second kappa shape index (κ2) is 3.94. The minimum absolute atomic E-state index is 0.705. The average Bonchev–Trinajstić information content (AvgIpc) is 2.48. The molecule has 0 aliphatic carbocycles. The Bertz CT molecular complexity index is 238. The van der Waals surface area contributed by atoms with Gasteiger partial charge in [0, 0.05) is 18.1 Å². The number of piperidine rings is 1. The van der Waals surface area contributed by atoms with Crippen LogP contribution in [-0.4, -0.2) is 23.0 Å². The van der Waals surface area contributed by atoms with Gasteiger partial charge in [-0.05, 0) is 45.4 Å². The van der Waals surface area contributed by atoms with Crippen molar-refractivity contribution in [2.75, 3.05) is 0 Å². The van der Waals surface area contributed by atoms with Gasteiger partial charge in [-0.15, -0.1) is 9.24 Å². The maximum absolute atomic E-state index is 4.10. The van der Waals surface area contributed by atoms with Crippen LogP contribution in [-0.2, 0) is 0 Å². The number of nitrogens with zero attached hydrogens (tertiary/aromatic N) is 1. The predicted octanol–water partition coefficient (Wildman–Crippen LogP) is 3.03. The highest BCUT2D eigenvalue weighted by Crippen LogP contribution is 2.41. The summed E-state index contributed by atoms with van der Waals surface area (Å²) in [5, 5.41) is 1.30. The van der Waals surface area contributed by atoms with Gasteiger partial charge in [0.1, 0.15) is 0 Å². The SMILES string of the molecule is C=C(P)[C@@H]1CCC2CCC(C)N2C1C. The Morgan fingerprint density at radius 1 is 1.21 bits per heavy atom. The molecule has 4 unspecified atom stereocenters. The van der Waals surface area contributed by atoms with Crippen molar-refractivity contribution in [1.29, 1.82) is 0 Å². The van der Waals surface area contributed by atoms with Gasteiger partial charge in [0.25, 0.3) is 0 Å². The van der Waals surface area contributed by atoms with Crippen molar-refractivity contribution >= 4 is 9.24 Å². The zero-order chi connectivity index (χ0) is 10.3. The first-order valence-electron chi connectivity index (χ1n) is 5.83. The van der Waals surface area contributed by atoms with Crippen LogP contribution in [0.25, 0.3) is 0 Å². The highest BCUT2D eigenvalue weighted by molar-refractivity contribution is 7.22. The summed E-state index contributed by atoms with van der Waals surface area (Å²) in [6, 6.07) is 2.37. The third-order valence-electron chi connectivity index (χ3n) is 4.19. The van der Waals surface area contributed by atoms with Gasteiger partial charge in [-0.1, -0.05) is 11.9 Å². The Morgan fingerprint density at radius 2 is 1.86 bits per heavy atom. The highest BCUT2D eigenvalue weighted by Gasteiger charge is 2.40. The quantitative estimate of drug-likeness (QED) is 0.603. The van der Waals surface area contributed by atoms with Crippen LogP contribution in [0.3, 0.4) is 0 Å². The summed E-state index contributed by atoms with van der Waals surface area (Å²) in [5.41, 5.74) is 0. The van der Waals surface area contributed by atoms with Gasteiger partial charge in [-0.2, -0.15) is 0 Å². The summed E-state index contributed by atoms with van der Waals surface area (Å²) in [5.74, 6) is 0.705. The first-order chi connectivity index (χ1) is 6.61. The Balaban J connectivity index is 2.13. The lowest BCUT2D eigenvalue weighted by Crippen LogP contribution is -2.49. The fraction of sp³-hybridized carbons (Fsp3) is 0.833. The van der Waals surface area contributed by atoms with Crippen LogP contribution < -0.4 is 0 Å². The molecule has 0 N–H and O–H groups in total. The van der Waals surface area contributed by atoms with E-state index in [0.717, 1.165) is 12.1 Å². The maximum atomic E-state index is 4.10. The molecule has 5 atom stereocenters. The number of rotatable bonds is 1. The molecule has 0 aromatic carbocycles. The Labute approximate surface area is 90.1 Å². The first-order valence-corrected chi connectivity index (χ1v) is 6.40. The van der Waals surface area contributed by atoms with Gasteiger partial charge in [0.2, 0.25) is 0 Å². The third-order valence-corrected chi connectivity index (χ3v) is 4.62. The minimum atomic E-state index is 0.705. The molecule has 2 heteroatoms. The second-order valence-electron chi connectivity index (χ2n) is 5.03. The zero-order valence-electron chi connectivity index (χ0n) is 9.37. The lowest BCUT2D eigenvalue weighted by atomic mass is 9.86. The summed E-state index contributed by atoms with van der Waals surface area (Å²) < 4.78 is 0. The van der Waals surface area contributed by atoms with Gasteiger partial charge in [0.05, 0.1) is 0 Å². The molecule has 0 aromatic rings. The van der Waals surface area contributed by atoms with Gasteiger partial charge in [-0.3, -0.25) is 4.90 Å².